The maximum atomic E-state index is 9.94. The average molecular weight is 451 g/mol. The van der Waals surface area contributed by atoms with Crippen LogP contribution in [0, 0.1) is 11.3 Å². The summed E-state index contributed by atoms with van der Waals surface area (Å²) in [6.45, 7) is 4.83. The molecule has 1 aliphatic rings. The molecule has 0 amide bonds. The maximum absolute atomic E-state index is 9.94. The van der Waals surface area contributed by atoms with Gasteiger partial charge in [0.25, 0.3) is 0 Å². The van der Waals surface area contributed by atoms with E-state index in [1.165, 1.54) is 0 Å². The first kappa shape index (κ1) is 22.3. The van der Waals surface area contributed by atoms with Gasteiger partial charge in [0.05, 0.1) is 35.4 Å². The molecule has 0 saturated carbocycles. The second-order valence-electron chi connectivity index (χ2n) is 8.16. The van der Waals surface area contributed by atoms with Crippen LogP contribution in [0.15, 0.2) is 36.5 Å². The van der Waals surface area contributed by atoms with E-state index < -0.39 is 0 Å². The monoisotopic (exact) mass is 450 g/mol. The molecule has 2 aromatic carbocycles. The molecule has 2 heterocycles. The van der Waals surface area contributed by atoms with Gasteiger partial charge >= 0.3 is 0 Å². The van der Waals surface area contributed by atoms with Crippen LogP contribution in [0.3, 0.4) is 0 Å². The number of benzene rings is 2. The second-order valence-corrected chi connectivity index (χ2v) is 8.56. The van der Waals surface area contributed by atoms with Crippen LogP contribution in [0.1, 0.15) is 35.6 Å². The van der Waals surface area contributed by atoms with Crippen LogP contribution in [0.4, 0.5) is 5.69 Å². The minimum absolute atomic E-state index is 0.279. The summed E-state index contributed by atoms with van der Waals surface area (Å²) < 4.78 is 5.26. The lowest BCUT2D eigenvalue weighted by molar-refractivity contribution is 0.175. The Balaban J connectivity index is 1.74. The lowest BCUT2D eigenvalue weighted by atomic mass is 10.00. The van der Waals surface area contributed by atoms with E-state index in [9.17, 15) is 10.4 Å². The number of aryl methyl sites for hydroxylation is 1. The highest BCUT2D eigenvalue weighted by atomic mass is 35.5. The summed E-state index contributed by atoms with van der Waals surface area (Å²) in [7, 11) is 1.60. The van der Waals surface area contributed by atoms with Gasteiger partial charge in [-0.1, -0.05) is 24.6 Å². The van der Waals surface area contributed by atoms with Crippen molar-refractivity contribution in [1.82, 2.24) is 9.88 Å². The van der Waals surface area contributed by atoms with Gasteiger partial charge in [0.2, 0.25) is 0 Å². The summed E-state index contributed by atoms with van der Waals surface area (Å²) in [5.74, 6) is 0.643. The fourth-order valence-electron chi connectivity index (χ4n) is 4.29. The lowest BCUT2D eigenvalue weighted by Crippen LogP contribution is -2.22. The fraction of sp³-hybridized carbons (Fsp3) is 0.360. The Hall–Kier alpha value is -2.85. The number of halogens is 1. The molecule has 0 radical (unpaired) electrons. The molecular formula is C25H27ClN4O2. The first-order valence-corrected chi connectivity index (χ1v) is 11.2. The molecule has 2 N–H and O–H groups in total. The van der Waals surface area contributed by atoms with Crippen LogP contribution >= 0.6 is 11.6 Å². The number of aromatic nitrogens is 1. The number of ether oxygens (including phenoxy) is 1. The highest BCUT2D eigenvalue weighted by molar-refractivity contribution is 6.32. The third-order valence-electron chi connectivity index (χ3n) is 5.97. The van der Waals surface area contributed by atoms with Gasteiger partial charge in [-0.05, 0) is 48.2 Å². The minimum Gasteiger partial charge on any atom is -0.495 e. The molecule has 3 aromatic rings. The third kappa shape index (κ3) is 4.66. The van der Waals surface area contributed by atoms with E-state index in [0.29, 0.717) is 36.0 Å². The zero-order valence-electron chi connectivity index (χ0n) is 18.4. The predicted octanol–water partition coefficient (Wildman–Crippen LogP) is 4.51. The third-order valence-corrected chi connectivity index (χ3v) is 6.26. The molecule has 4 rings (SSSR count). The van der Waals surface area contributed by atoms with Gasteiger partial charge < -0.3 is 15.2 Å². The predicted molar refractivity (Wildman–Crippen MR) is 127 cm³/mol. The van der Waals surface area contributed by atoms with E-state index in [-0.39, 0.29) is 6.10 Å². The van der Waals surface area contributed by atoms with E-state index in [4.69, 9.17) is 21.3 Å². The summed E-state index contributed by atoms with van der Waals surface area (Å²) in [6, 6.07) is 11.8. The van der Waals surface area contributed by atoms with Crippen molar-refractivity contribution >= 4 is 28.2 Å². The summed E-state index contributed by atoms with van der Waals surface area (Å²) in [5.41, 5.74) is 5.62. The normalized spacial score (nSPS) is 16.3. The Kier molecular flexibility index (Phi) is 6.80. The van der Waals surface area contributed by atoms with Crippen molar-refractivity contribution < 1.29 is 9.84 Å². The molecule has 6 nitrogen and oxygen atoms in total. The summed E-state index contributed by atoms with van der Waals surface area (Å²) in [4.78, 5) is 7.00. The van der Waals surface area contributed by atoms with Crippen molar-refractivity contribution in [3.05, 3.63) is 63.8 Å². The molecule has 0 aliphatic carbocycles. The highest BCUT2D eigenvalue weighted by Crippen LogP contribution is 2.32. The zero-order valence-corrected chi connectivity index (χ0v) is 19.1. The second kappa shape index (κ2) is 9.74. The van der Waals surface area contributed by atoms with Gasteiger partial charge in [-0.25, -0.2) is 0 Å². The van der Waals surface area contributed by atoms with Gasteiger partial charge in [0.15, 0.2) is 0 Å². The molecule has 7 heteroatoms. The van der Waals surface area contributed by atoms with Crippen molar-refractivity contribution in [2.75, 3.05) is 25.5 Å². The smallest absolute Gasteiger partial charge is 0.137 e. The number of methoxy groups -OCH3 is 1. The number of nitrogens with zero attached hydrogens (tertiary/aromatic N) is 3. The zero-order chi connectivity index (χ0) is 22.7. The first-order chi connectivity index (χ1) is 15.5. The molecule has 166 valence electrons. The molecule has 32 heavy (non-hydrogen) atoms. The minimum atomic E-state index is -0.279. The van der Waals surface area contributed by atoms with Gasteiger partial charge in [0, 0.05) is 49.0 Å². The molecule has 1 fully saturated rings. The van der Waals surface area contributed by atoms with Crippen LogP contribution < -0.4 is 10.1 Å². The van der Waals surface area contributed by atoms with Crippen LogP contribution in [-0.2, 0) is 19.5 Å². The Morgan fingerprint density at radius 2 is 2.16 bits per heavy atom. The molecule has 0 bridgehead atoms. The van der Waals surface area contributed by atoms with Crippen molar-refractivity contribution in [3.8, 4) is 11.8 Å². The van der Waals surface area contributed by atoms with Crippen molar-refractivity contribution in [2.24, 2.45) is 0 Å². The van der Waals surface area contributed by atoms with Crippen molar-refractivity contribution in [3.63, 3.8) is 0 Å². The number of anilines is 1. The standard InChI is InChI=1S/C25H27ClN4O2/c1-3-18-8-17(11-27)9-21-24(18)29-13-19(14-30-7-6-20(31)15-30)25(21)28-12-16-4-5-23(32-2)22(26)10-16/h4-5,8-10,13,20,31H,3,6-7,12,14-15H2,1-2H3,(H,28,29)/t20-/m1/s1. The number of β-amino-alcohol motifs (C(OH)–C–C–N with tert-alkyl or cyclic N) is 1. The molecule has 1 aliphatic heterocycles. The van der Waals surface area contributed by atoms with Gasteiger partial charge in [-0.15, -0.1) is 0 Å². The maximum Gasteiger partial charge on any atom is 0.137 e. The summed E-state index contributed by atoms with van der Waals surface area (Å²) in [6.07, 6.45) is 3.22. The first-order valence-electron chi connectivity index (χ1n) is 10.8. The fourth-order valence-corrected chi connectivity index (χ4v) is 4.57. The number of aliphatic hydroxyl groups is 1. The highest BCUT2D eigenvalue weighted by Gasteiger charge is 2.22. The number of rotatable bonds is 7. The number of hydrogen-bond acceptors (Lipinski definition) is 6. The van der Waals surface area contributed by atoms with Crippen molar-refractivity contribution in [2.45, 2.75) is 39.0 Å². The van der Waals surface area contributed by atoms with Crippen LogP contribution in [0.2, 0.25) is 5.02 Å². The van der Waals surface area contributed by atoms with E-state index in [1.807, 2.05) is 36.5 Å². The Morgan fingerprint density at radius 3 is 2.81 bits per heavy atom. The summed E-state index contributed by atoms with van der Waals surface area (Å²) in [5, 5.41) is 24.6. The number of nitrogens with one attached hydrogen (secondary N) is 1. The van der Waals surface area contributed by atoms with E-state index in [0.717, 1.165) is 52.7 Å². The number of likely N-dealkylation sites (tertiary alicyclic amines) is 1. The van der Waals surface area contributed by atoms with Crippen LogP contribution in [-0.4, -0.2) is 41.3 Å². The quantitative estimate of drug-likeness (QED) is 0.551. The molecule has 1 saturated heterocycles. The number of hydrogen-bond donors (Lipinski definition) is 2. The van der Waals surface area contributed by atoms with Gasteiger partial charge in [-0.3, -0.25) is 9.88 Å². The molecule has 0 spiro atoms. The SMILES string of the molecule is CCc1cc(C#N)cc2c(NCc3ccc(OC)c(Cl)c3)c(CN3CC[C@@H](O)C3)cnc12. The average Bonchev–Trinajstić information content (AvgIpc) is 3.21. The number of fused-ring (bicyclic) bond motifs is 1. The molecule has 0 unspecified atom stereocenters. The topological polar surface area (TPSA) is 81.4 Å². The Labute approximate surface area is 193 Å². The number of pyridine rings is 1. The Bertz CT molecular complexity index is 1170. The van der Waals surface area contributed by atoms with E-state index in [1.54, 1.807) is 7.11 Å². The largest absolute Gasteiger partial charge is 0.495 e. The summed E-state index contributed by atoms with van der Waals surface area (Å²) >= 11 is 6.31. The van der Waals surface area contributed by atoms with Crippen LogP contribution in [0.5, 0.6) is 5.75 Å². The van der Waals surface area contributed by atoms with Gasteiger partial charge in [-0.2, -0.15) is 5.26 Å². The van der Waals surface area contributed by atoms with E-state index in [2.05, 4.69) is 23.2 Å². The molecule has 1 atom stereocenters. The Morgan fingerprint density at radius 1 is 1.31 bits per heavy atom. The van der Waals surface area contributed by atoms with Crippen molar-refractivity contribution in [1.29, 1.82) is 5.26 Å². The molecule has 1 aromatic heterocycles. The number of aliphatic hydroxyl groups excluding tert-OH is 1. The van der Waals surface area contributed by atoms with E-state index >= 15 is 0 Å². The van der Waals surface area contributed by atoms with Crippen LogP contribution in [0.25, 0.3) is 10.9 Å². The number of nitriles is 1. The van der Waals surface area contributed by atoms with Gasteiger partial charge in [0.1, 0.15) is 5.75 Å². The lowest BCUT2D eigenvalue weighted by Gasteiger charge is -2.21. The molecular weight excluding hydrogens is 424 g/mol.